The maximum atomic E-state index is 12.1. The Morgan fingerprint density at radius 2 is 1.90 bits per heavy atom. The van der Waals surface area contributed by atoms with E-state index in [2.05, 4.69) is 36.1 Å². The Bertz CT molecular complexity index is 621. The summed E-state index contributed by atoms with van der Waals surface area (Å²) in [5, 5.41) is 2.82. The molecule has 1 aliphatic rings. The van der Waals surface area contributed by atoms with Crippen molar-refractivity contribution < 1.29 is 4.79 Å². The lowest BCUT2D eigenvalue weighted by molar-refractivity contribution is 0.102. The Morgan fingerprint density at radius 1 is 1.10 bits per heavy atom. The van der Waals surface area contributed by atoms with Gasteiger partial charge < -0.3 is 10.2 Å². The highest BCUT2D eigenvalue weighted by Crippen LogP contribution is 2.19. The van der Waals surface area contributed by atoms with E-state index in [1.165, 1.54) is 19.0 Å². The summed E-state index contributed by atoms with van der Waals surface area (Å²) >= 11 is 3.24. The summed E-state index contributed by atoms with van der Waals surface area (Å²) in [7, 11) is 0. The molecule has 0 atom stereocenters. The van der Waals surface area contributed by atoms with E-state index in [9.17, 15) is 4.79 Å². The van der Waals surface area contributed by atoms with Crippen molar-refractivity contribution in [3.8, 4) is 0 Å². The van der Waals surface area contributed by atoms with Crippen LogP contribution in [0.4, 0.5) is 11.5 Å². The lowest BCUT2D eigenvalue weighted by Crippen LogP contribution is -2.19. The summed E-state index contributed by atoms with van der Waals surface area (Å²) < 4.78 is 0.704. The van der Waals surface area contributed by atoms with Crippen LogP contribution < -0.4 is 10.2 Å². The first kappa shape index (κ1) is 14.0. The number of nitrogens with one attached hydrogen (secondary N) is 1. The van der Waals surface area contributed by atoms with Crippen LogP contribution in [0.2, 0.25) is 0 Å². The number of carbonyl (C=O) groups excluding carboxylic acids is 1. The zero-order chi connectivity index (χ0) is 14.7. The minimum absolute atomic E-state index is 0.189. The molecule has 21 heavy (non-hydrogen) atoms. The van der Waals surface area contributed by atoms with E-state index in [-0.39, 0.29) is 5.91 Å². The first-order chi connectivity index (χ1) is 10.2. The summed E-state index contributed by atoms with van der Waals surface area (Å²) in [4.78, 5) is 22.8. The average Bonchev–Trinajstić information content (AvgIpc) is 3.03. The molecular formula is C15H15BrN4O. The van der Waals surface area contributed by atoms with Gasteiger partial charge in [-0.15, -0.1) is 0 Å². The summed E-state index contributed by atoms with van der Waals surface area (Å²) in [6, 6.07) is 7.29. The molecule has 3 heterocycles. The number of halogens is 1. The largest absolute Gasteiger partial charge is 0.357 e. The minimum atomic E-state index is -0.189. The monoisotopic (exact) mass is 346 g/mol. The van der Waals surface area contributed by atoms with Gasteiger partial charge in [0.25, 0.3) is 5.91 Å². The quantitative estimate of drug-likeness (QED) is 0.867. The maximum absolute atomic E-state index is 12.1. The van der Waals surface area contributed by atoms with Crippen LogP contribution in [0, 0.1) is 0 Å². The minimum Gasteiger partial charge on any atom is -0.357 e. The van der Waals surface area contributed by atoms with Gasteiger partial charge in [-0.1, -0.05) is 0 Å². The van der Waals surface area contributed by atoms with Gasteiger partial charge in [0.2, 0.25) is 0 Å². The number of rotatable bonds is 3. The highest BCUT2D eigenvalue weighted by Gasteiger charge is 2.13. The van der Waals surface area contributed by atoms with Crippen LogP contribution in [-0.4, -0.2) is 29.0 Å². The first-order valence-corrected chi connectivity index (χ1v) is 7.65. The number of carbonyl (C=O) groups is 1. The normalized spacial score (nSPS) is 14.2. The molecule has 108 valence electrons. The van der Waals surface area contributed by atoms with E-state index in [0.717, 1.165) is 18.9 Å². The number of amides is 1. The van der Waals surface area contributed by atoms with Gasteiger partial charge in [0.15, 0.2) is 0 Å². The van der Waals surface area contributed by atoms with Crippen LogP contribution in [0.5, 0.6) is 0 Å². The molecule has 1 saturated heterocycles. The zero-order valence-electron chi connectivity index (χ0n) is 11.4. The summed E-state index contributed by atoms with van der Waals surface area (Å²) in [6.45, 7) is 2.12. The van der Waals surface area contributed by atoms with Gasteiger partial charge in [-0.2, -0.15) is 0 Å². The van der Waals surface area contributed by atoms with E-state index >= 15 is 0 Å². The molecule has 0 saturated carbocycles. The number of aromatic nitrogens is 2. The van der Waals surface area contributed by atoms with E-state index < -0.39 is 0 Å². The van der Waals surface area contributed by atoms with Crippen LogP contribution >= 0.6 is 15.9 Å². The van der Waals surface area contributed by atoms with Crippen molar-refractivity contribution in [2.24, 2.45) is 0 Å². The molecule has 0 radical (unpaired) electrons. The molecule has 6 heteroatoms. The second kappa shape index (κ2) is 6.22. The van der Waals surface area contributed by atoms with E-state index in [4.69, 9.17) is 0 Å². The molecule has 1 fully saturated rings. The molecule has 2 aromatic rings. The molecule has 0 spiro atoms. The van der Waals surface area contributed by atoms with Gasteiger partial charge in [-0.3, -0.25) is 4.79 Å². The smallest absolute Gasteiger partial charge is 0.257 e. The molecule has 0 unspecified atom stereocenters. The molecule has 2 aromatic heterocycles. The van der Waals surface area contributed by atoms with Crippen LogP contribution in [0.3, 0.4) is 0 Å². The molecule has 1 amide bonds. The Morgan fingerprint density at radius 3 is 2.52 bits per heavy atom. The number of anilines is 2. The highest BCUT2D eigenvalue weighted by molar-refractivity contribution is 9.10. The third-order valence-corrected chi connectivity index (χ3v) is 3.89. The average molecular weight is 347 g/mol. The van der Waals surface area contributed by atoms with Crippen molar-refractivity contribution in [1.82, 2.24) is 9.97 Å². The highest BCUT2D eigenvalue weighted by atomic mass is 79.9. The predicted octanol–water partition coefficient (Wildman–Crippen LogP) is 3.09. The lowest BCUT2D eigenvalue weighted by atomic mass is 10.2. The van der Waals surface area contributed by atoms with Crippen molar-refractivity contribution in [3.63, 3.8) is 0 Å². The topological polar surface area (TPSA) is 58.1 Å². The molecular weight excluding hydrogens is 332 g/mol. The Balaban J connectivity index is 1.67. The molecule has 5 nitrogen and oxygen atoms in total. The van der Waals surface area contributed by atoms with Gasteiger partial charge in [0.1, 0.15) is 10.4 Å². The Labute approximate surface area is 131 Å². The van der Waals surface area contributed by atoms with Crippen molar-refractivity contribution in [3.05, 3.63) is 46.8 Å². The Hall–Kier alpha value is -1.95. The van der Waals surface area contributed by atoms with Crippen LogP contribution in [0.15, 0.2) is 41.3 Å². The summed E-state index contributed by atoms with van der Waals surface area (Å²) in [5.41, 5.74) is 1.20. The predicted molar refractivity (Wildman–Crippen MR) is 85.6 cm³/mol. The molecule has 1 N–H and O–H groups in total. The molecule has 1 aliphatic heterocycles. The standard InChI is InChI=1S/C15H15BrN4O/c16-13-5-3-11(9-17-13)15(21)19-12-4-6-14(18-10-12)20-7-1-2-8-20/h3-6,9-10H,1-2,7-8H2,(H,19,21). The van der Waals surface area contributed by atoms with Crippen molar-refractivity contribution in [2.75, 3.05) is 23.3 Å². The second-order valence-electron chi connectivity index (χ2n) is 4.92. The van der Waals surface area contributed by atoms with Crippen molar-refractivity contribution in [2.45, 2.75) is 12.8 Å². The van der Waals surface area contributed by atoms with Gasteiger partial charge >= 0.3 is 0 Å². The third-order valence-electron chi connectivity index (χ3n) is 3.43. The fourth-order valence-electron chi connectivity index (χ4n) is 2.31. The van der Waals surface area contributed by atoms with Gasteiger partial charge in [0, 0.05) is 19.3 Å². The summed E-state index contributed by atoms with van der Waals surface area (Å²) in [5.74, 6) is 0.779. The third kappa shape index (κ3) is 3.39. The SMILES string of the molecule is O=C(Nc1ccc(N2CCCC2)nc1)c1ccc(Br)nc1. The van der Waals surface area contributed by atoms with Gasteiger partial charge in [-0.25, -0.2) is 9.97 Å². The summed E-state index contributed by atoms with van der Waals surface area (Å²) in [6.07, 6.45) is 5.66. The van der Waals surface area contributed by atoms with Gasteiger partial charge in [-0.05, 0) is 53.0 Å². The van der Waals surface area contributed by atoms with Gasteiger partial charge in [0.05, 0.1) is 17.4 Å². The fourth-order valence-corrected chi connectivity index (χ4v) is 2.54. The van der Waals surface area contributed by atoms with Crippen LogP contribution in [-0.2, 0) is 0 Å². The van der Waals surface area contributed by atoms with Crippen molar-refractivity contribution in [1.29, 1.82) is 0 Å². The number of pyridine rings is 2. The van der Waals surface area contributed by atoms with E-state index in [1.807, 2.05) is 12.1 Å². The Kier molecular flexibility index (Phi) is 4.15. The van der Waals surface area contributed by atoms with E-state index in [0.29, 0.717) is 15.9 Å². The number of nitrogens with zero attached hydrogens (tertiary/aromatic N) is 3. The fraction of sp³-hybridized carbons (Fsp3) is 0.267. The van der Waals surface area contributed by atoms with Crippen molar-refractivity contribution >= 4 is 33.3 Å². The molecule has 0 aliphatic carbocycles. The maximum Gasteiger partial charge on any atom is 0.257 e. The number of hydrogen-bond acceptors (Lipinski definition) is 4. The molecule has 3 rings (SSSR count). The molecule has 0 aromatic carbocycles. The molecule has 0 bridgehead atoms. The lowest BCUT2D eigenvalue weighted by Gasteiger charge is -2.16. The first-order valence-electron chi connectivity index (χ1n) is 6.86. The number of hydrogen-bond donors (Lipinski definition) is 1. The van der Waals surface area contributed by atoms with Crippen LogP contribution in [0.25, 0.3) is 0 Å². The van der Waals surface area contributed by atoms with E-state index in [1.54, 1.807) is 18.3 Å². The zero-order valence-corrected chi connectivity index (χ0v) is 13.0. The van der Waals surface area contributed by atoms with Crippen LogP contribution in [0.1, 0.15) is 23.2 Å². The second-order valence-corrected chi connectivity index (χ2v) is 5.74.